The molecule has 0 fully saturated rings. The summed E-state index contributed by atoms with van der Waals surface area (Å²) in [7, 11) is 0. The lowest BCUT2D eigenvalue weighted by molar-refractivity contribution is -0.153. The largest absolute Gasteiger partial charge is 0.512 e. The van der Waals surface area contributed by atoms with Crippen LogP contribution in [0, 0.1) is 0 Å². The average molecular weight is 156 g/mol. The number of hydrogen-bond acceptors (Lipinski definition) is 3. The summed E-state index contributed by atoms with van der Waals surface area (Å²) in [6, 6.07) is 0. The molecule has 0 aromatic rings. The van der Waals surface area contributed by atoms with E-state index >= 15 is 0 Å². The number of rotatable bonds is 1. The SMILES string of the molecule is O=C(O)C1(O)C=CC=C(O)C1. The molecule has 4 heteroatoms. The Labute approximate surface area is 63.1 Å². The van der Waals surface area contributed by atoms with Crippen LogP contribution in [0.4, 0.5) is 0 Å². The predicted octanol–water partition coefficient (Wildman–Crippen LogP) is 0.204. The second kappa shape index (κ2) is 2.39. The fraction of sp³-hybridized carbons (Fsp3) is 0.286. The molecule has 0 saturated heterocycles. The Kier molecular flexibility index (Phi) is 1.70. The van der Waals surface area contributed by atoms with Crippen molar-refractivity contribution in [3.05, 3.63) is 24.0 Å². The molecule has 60 valence electrons. The Bertz CT molecular complexity index is 241. The van der Waals surface area contributed by atoms with Gasteiger partial charge >= 0.3 is 5.97 Å². The van der Waals surface area contributed by atoms with E-state index in [2.05, 4.69) is 0 Å². The van der Waals surface area contributed by atoms with Gasteiger partial charge in [0.1, 0.15) is 0 Å². The van der Waals surface area contributed by atoms with Crippen LogP contribution in [0.3, 0.4) is 0 Å². The van der Waals surface area contributed by atoms with Gasteiger partial charge in [0.2, 0.25) is 0 Å². The summed E-state index contributed by atoms with van der Waals surface area (Å²) in [5.74, 6) is -1.48. The zero-order valence-corrected chi connectivity index (χ0v) is 5.69. The van der Waals surface area contributed by atoms with Gasteiger partial charge in [0.05, 0.1) is 5.76 Å². The number of aliphatic carboxylic acids is 1. The van der Waals surface area contributed by atoms with Crippen LogP contribution in [-0.2, 0) is 4.79 Å². The molecule has 1 atom stereocenters. The molecule has 0 spiro atoms. The smallest absolute Gasteiger partial charge is 0.340 e. The van der Waals surface area contributed by atoms with Crippen molar-refractivity contribution in [2.24, 2.45) is 0 Å². The van der Waals surface area contributed by atoms with Crippen LogP contribution >= 0.6 is 0 Å². The Balaban J connectivity index is 2.86. The van der Waals surface area contributed by atoms with Gasteiger partial charge in [0.15, 0.2) is 5.60 Å². The van der Waals surface area contributed by atoms with Gasteiger partial charge in [-0.3, -0.25) is 0 Å². The number of hydrogen-bond donors (Lipinski definition) is 3. The van der Waals surface area contributed by atoms with Crippen molar-refractivity contribution < 1.29 is 20.1 Å². The molecular weight excluding hydrogens is 148 g/mol. The molecule has 4 nitrogen and oxygen atoms in total. The number of aliphatic hydroxyl groups is 2. The summed E-state index contributed by atoms with van der Waals surface area (Å²) in [4.78, 5) is 10.4. The molecule has 0 heterocycles. The molecular formula is C7H8O4. The van der Waals surface area contributed by atoms with E-state index in [4.69, 9.17) is 10.2 Å². The highest BCUT2D eigenvalue weighted by atomic mass is 16.4. The van der Waals surface area contributed by atoms with Crippen molar-refractivity contribution in [1.82, 2.24) is 0 Å². The zero-order chi connectivity index (χ0) is 8.48. The minimum atomic E-state index is -1.93. The number of carbonyl (C=O) groups is 1. The average Bonchev–Trinajstić information content (AvgIpc) is 1.86. The summed E-state index contributed by atoms with van der Waals surface area (Å²) in [5.41, 5.74) is -1.93. The second-order valence-electron chi connectivity index (χ2n) is 2.42. The lowest BCUT2D eigenvalue weighted by atomic mass is 9.94. The molecule has 1 rings (SSSR count). The molecule has 0 saturated carbocycles. The van der Waals surface area contributed by atoms with Gasteiger partial charge in [-0.2, -0.15) is 0 Å². The summed E-state index contributed by atoms with van der Waals surface area (Å²) >= 11 is 0. The van der Waals surface area contributed by atoms with Gasteiger partial charge in [0.25, 0.3) is 0 Å². The molecule has 3 N–H and O–H groups in total. The van der Waals surface area contributed by atoms with E-state index in [0.717, 1.165) is 6.08 Å². The fourth-order valence-electron chi connectivity index (χ4n) is 0.859. The second-order valence-corrected chi connectivity index (χ2v) is 2.42. The molecule has 0 aromatic carbocycles. The minimum absolute atomic E-state index is 0.127. The maximum atomic E-state index is 10.4. The minimum Gasteiger partial charge on any atom is -0.512 e. The third kappa shape index (κ3) is 1.40. The van der Waals surface area contributed by atoms with E-state index in [0.29, 0.717) is 0 Å². The normalized spacial score (nSPS) is 29.7. The highest BCUT2D eigenvalue weighted by Crippen LogP contribution is 2.21. The third-order valence-corrected chi connectivity index (χ3v) is 1.48. The standard InChI is InChI=1S/C7H8O4/c8-5-2-1-3-7(11,4-5)6(9)10/h1-3,8,11H,4H2,(H,9,10). The molecule has 1 aliphatic rings. The van der Waals surface area contributed by atoms with Crippen molar-refractivity contribution in [3.63, 3.8) is 0 Å². The Hall–Kier alpha value is -1.29. The first-order valence-corrected chi connectivity index (χ1v) is 3.08. The van der Waals surface area contributed by atoms with Crippen molar-refractivity contribution in [2.75, 3.05) is 0 Å². The van der Waals surface area contributed by atoms with E-state index in [9.17, 15) is 9.90 Å². The molecule has 0 radical (unpaired) electrons. The monoisotopic (exact) mass is 156 g/mol. The van der Waals surface area contributed by atoms with Crippen LogP contribution in [0.2, 0.25) is 0 Å². The highest BCUT2D eigenvalue weighted by Gasteiger charge is 2.35. The van der Waals surface area contributed by atoms with E-state index in [-0.39, 0.29) is 12.2 Å². The van der Waals surface area contributed by atoms with Crippen molar-refractivity contribution in [3.8, 4) is 0 Å². The van der Waals surface area contributed by atoms with Gasteiger partial charge in [-0.05, 0) is 12.2 Å². The fourth-order valence-corrected chi connectivity index (χ4v) is 0.859. The third-order valence-electron chi connectivity index (χ3n) is 1.48. The van der Waals surface area contributed by atoms with Crippen molar-refractivity contribution in [2.45, 2.75) is 12.0 Å². The summed E-state index contributed by atoms with van der Waals surface area (Å²) in [6.45, 7) is 0. The molecule has 11 heavy (non-hydrogen) atoms. The summed E-state index contributed by atoms with van der Waals surface area (Å²) in [6.07, 6.45) is 3.53. The first-order chi connectivity index (χ1) is 5.04. The maximum absolute atomic E-state index is 10.4. The number of carboxylic acids is 1. The van der Waals surface area contributed by atoms with Gasteiger partial charge in [0, 0.05) is 6.42 Å². The van der Waals surface area contributed by atoms with Crippen LogP contribution in [-0.4, -0.2) is 26.9 Å². The summed E-state index contributed by atoms with van der Waals surface area (Å²) < 4.78 is 0. The zero-order valence-electron chi connectivity index (χ0n) is 5.69. The van der Waals surface area contributed by atoms with Crippen molar-refractivity contribution >= 4 is 5.97 Å². The first-order valence-electron chi connectivity index (χ1n) is 3.08. The molecule has 0 aliphatic heterocycles. The van der Waals surface area contributed by atoms with Crippen LogP contribution in [0.25, 0.3) is 0 Å². The number of carboxylic acid groups (broad SMARTS) is 1. The summed E-state index contributed by atoms with van der Waals surface area (Å²) in [5, 5.41) is 26.6. The number of allylic oxidation sites excluding steroid dienone is 2. The van der Waals surface area contributed by atoms with Gasteiger partial charge in [-0.1, -0.05) is 6.08 Å². The van der Waals surface area contributed by atoms with E-state index in [1.807, 2.05) is 0 Å². The molecule has 0 aromatic heterocycles. The predicted molar refractivity (Wildman–Crippen MR) is 37.1 cm³/mol. The van der Waals surface area contributed by atoms with Crippen LogP contribution < -0.4 is 0 Å². The number of aliphatic hydroxyl groups excluding tert-OH is 1. The van der Waals surface area contributed by atoms with Crippen LogP contribution in [0.5, 0.6) is 0 Å². The van der Waals surface area contributed by atoms with Gasteiger partial charge in [-0.15, -0.1) is 0 Å². The lowest BCUT2D eigenvalue weighted by Gasteiger charge is -2.20. The van der Waals surface area contributed by atoms with E-state index in [1.54, 1.807) is 0 Å². The Morgan fingerprint density at radius 1 is 1.64 bits per heavy atom. The van der Waals surface area contributed by atoms with E-state index < -0.39 is 11.6 Å². The van der Waals surface area contributed by atoms with Gasteiger partial charge < -0.3 is 15.3 Å². The van der Waals surface area contributed by atoms with E-state index in [1.165, 1.54) is 12.2 Å². The van der Waals surface area contributed by atoms with Crippen molar-refractivity contribution in [1.29, 1.82) is 0 Å². The molecule has 0 bridgehead atoms. The molecule has 1 aliphatic carbocycles. The highest BCUT2D eigenvalue weighted by molar-refractivity contribution is 5.80. The topological polar surface area (TPSA) is 77.8 Å². The maximum Gasteiger partial charge on any atom is 0.340 e. The van der Waals surface area contributed by atoms with Crippen LogP contribution in [0.15, 0.2) is 24.0 Å². The Morgan fingerprint density at radius 3 is 2.64 bits per heavy atom. The first kappa shape index (κ1) is 7.81. The quantitative estimate of drug-likeness (QED) is 0.507. The van der Waals surface area contributed by atoms with Gasteiger partial charge in [-0.25, -0.2) is 4.79 Å². The lowest BCUT2D eigenvalue weighted by Crippen LogP contribution is -2.37. The molecule has 0 amide bonds. The Morgan fingerprint density at radius 2 is 2.27 bits per heavy atom. The van der Waals surface area contributed by atoms with Crippen LogP contribution in [0.1, 0.15) is 6.42 Å². The molecule has 1 unspecified atom stereocenters.